The maximum atomic E-state index is 12.6. The van der Waals surface area contributed by atoms with Crippen LogP contribution in [0.15, 0.2) is 54.9 Å². The fraction of sp³-hybridized carbons (Fsp3) is 0.333. The van der Waals surface area contributed by atoms with E-state index < -0.39 is 5.60 Å². The molecular formula is C27H29N5O2. The van der Waals surface area contributed by atoms with Gasteiger partial charge in [0.25, 0.3) is 0 Å². The van der Waals surface area contributed by atoms with Gasteiger partial charge in [0.15, 0.2) is 11.4 Å². The summed E-state index contributed by atoms with van der Waals surface area (Å²) >= 11 is 0. The molecule has 7 nitrogen and oxygen atoms in total. The van der Waals surface area contributed by atoms with Crippen LogP contribution in [0.4, 0.5) is 5.82 Å². The van der Waals surface area contributed by atoms with Gasteiger partial charge in [0.1, 0.15) is 5.82 Å². The minimum absolute atomic E-state index is 0.0688. The number of fused-ring (bicyclic) bond motifs is 1. The van der Waals surface area contributed by atoms with Crippen LogP contribution in [-0.2, 0) is 0 Å². The van der Waals surface area contributed by atoms with Crippen molar-refractivity contribution in [1.82, 2.24) is 19.6 Å². The summed E-state index contributed by atoms with van der Waals surface area (Å²) in [6, 6.07) is 14.0. The predicted octanol–water partition coefficient (Wildman–Crippen LogP) is 5.04. The highest BCUT2D eigenvalue weighted by Gasteiger charge is 2.35. The summed E-state index contributed by atoms with van der Waals surface area (Å²) < 4.78 is 1.55. The lowest BCUT2D eigenvalue weighted by Crippen LogP contribution is -2.33. The Hall–Kier alpha value is -3.58. The Bertz CT molecular complexity index is 1340. The summed E-state index contributed by atoms with van der Waals surface area (Å²) in [6.45, 7) is 3.53. The zero-order chi connectivity index (χ0) is 23.9. The van der Waals surface area contributed by atoms with Crippen molar-refractivity contribution in [3.05, 3.63) is 66.1 Å². The van der Waals surface area contributed by atoms with E-state index >= 15 is 0 Å². The number of ketones is 1. The molecule has 0 spiro atoms. The zero-order valence-corrected chi connectivity index (χ0v) is 19.5. The Kier molecular flexibility index (Phi) is 5.65. The molecule has 3 N–H and O–H groups in total. The van der Waals surface area contributed by atoms with E-state index in [0.29, 0.717) is 35.6 Å². The average molecular weight is 456 g/mol. The molecule has 0 unspecified atom stereocenters. The fourth-order valence-corrected chi connectivity index (χ4v) is 5.01. The molecule has 7 heteroatoms. The largest absolute Gasteiger partial charge is 0.390 e. The van der Waals surface area contributed by atoms with Crippen molar-refractivity contribution in [2.75, 3.05) is 5.73 Å². The maximum absolute atomic E-state index is 12.6. The molecule has 1 aromatic carbocycles. The van der Waals surface area contributed by atoms with Gasteiger partial charge in [-0.05, 0) is 45.1 Å². The maximum Gasteiger partial charge on any atom is 0.165 e. The van der Waals surface area contributed by atoms with Gasteiger partial charge in [-0.25, -0.2) is 4.98 Å². The second kappa shape index (κ2) is 8.65. The number of benzene rings is 1. The van der Waals surface area contributed by atoms with Crippen molar-refractivity contribution >= 4 is 17.2 Å². The first-order chi connectivity index (χ1) is 16.4. The highest BCUT2D eigenvalue weighted by molar-refractivity contribution is 6.00. The quantitative estimate of drug-likeness (QED) is 0.408. The summed E-state index contributed by atoms with van der Waals surface area (Å²) in [5, 5.41) is 15.1. The molecule has 0 aliphatic heterocycles. The average Bonchev–Trinajstić information content (AvgIpc) is 3.29. The molecule has 0 amide bonds. The lowest BCUT2D eigenvalue weighted by Gasteiger charge is -2.35. The van der Waals surface area contributed by atoms with Gasteiger partial charge < -0.3 is 10.8 Å². The molecule has 1 saturated carbocycles. The highest BCUT2D eigenvalue weighted by atomic mass is 16.3. The first-order valence-electron chi connectivity index (χ1n) is 11.8. The molecule has 1 aliphatic rings. The first kappa shape index (κ1) is 22.2. The molecule has 0 bridgehead atoms. The number of anilines is 1. The number of carbonyl (C=O) groups excluding carboxylic acids is 1. The van der Waals surface area contributed by atoms with Gasteiger partial charge in [0.2, 0.25) is 0 Å². The molecule has 0 atom stereocenters. The highest BCUT2D eigenvalue weighted by Crippen LogP contribution is 2.41. The third-order valence-electron chi connectivity index (χ3n) is 7.17. The number of aromatic nitrogens is 4. The van der Waals surface area contributed by atoms with Gasteiger partial charge in [-0.3, -0.25) is 9.78 Å². The van der Waals surface area contributed by atoms with Gasteiger partial charge >= 0.3 is 0 Å². The van der Waals surface area contributed by atoms with Gasteiger partial charge in [-0.1, -0.05) is 43.3 Å². The Morgan fingerprint density at radius 1 is 1.12 bits per heavy atom. The van der Waals surface area contributed by atoms with Gasteiger partial charge in [-0.15, -0.1) is 0 Å². The summed E-state index contributed by atoms with van der Waals surface area (Å²) in [4.78, 5) is 22.2. The number of nitrogen functional groups attached to an aromatic ring is 1. The SMILES string of the molecule is CC[C@]1(O)CC[C@@H](c2nc3c(-c4ccc(-c5ccccc5)nc4)cnn3c(N)c2C(C)=O)CC1. The summed E-state index contributed by atoms with van der Waals surface area (Å²) in [5.41, 5.74) is 11.2. The number of rotatable bonds is 5. The van der Waals surface area contributed by atoms with Crippen molar-refractivity contribution < 1.29 is 9.90 Å². The number of carbonyl (C=O) groups is 1. The summed E-state index contributed by atoms with van der Waals surface area (Å²) in [7, 11) is 0. The standard InChI is InChI=1S/C27H29N5O2/c1-3-27(34)13-11-19(12-14-27)24-23(17(2)33)25(28)32-26(31-24)21(16-30-32)20-9-10-22(29-15-20)18-7-5-4-6-8-18/h4-10,15-16,19,34H,3,11-14,28H2,1-2H3/t19-,27+. The van der Waals surface area contributed by atoms with Crippen molar-refractivity contribution in [1.29, 1.82) is 0 Å². The number of hydrogen-bond donors (Lipinski definition) is 2. The minimum atomic E-state index is -0.628. The number of nitrogens with two attached hydrogens (primary N) is 1. The Morgan fingerprint density at radius 2 is 1.85 bits per heavy atom. The molecule has 5 rings (SSSR count). The van der Waals surface area contributed by atoms with E-state index in [0.717, 1.165) is 41.6 Å². The van der Waals surface area contributed by atoms with Crippen LogP contribution < -0.4 is 5.73 Å². The fourth-order valence-electron chi connectivity index (χ4n) is 5.01. The molecule has 4 aromatic rings. The monoisotopic (exact) mass is 455 g/mol. The third-order valence-corrected chi connectivity index (χ3v) is 7.17. The van der Waals surface area contributed by atoms with Crippen LogP contribution >= 0.6 is 0 Å². The van der Waals surface area contributed by atoms with Crippen LogP contribution in [0.2, 0.25) is 0 Å². The lowest BCUT2D eigenvalue weighted by atomic mass is 9.75. The van der Waals surface area contributed by atoms with Crippen molar-refractivity contribution in [2.45, 2.75) is 57.5 Å². The molecule has 34 heavy (non-hydrogen) atoms. The smallest absolute Gasteiger partial charge is 0.165 e. The second-order valence-electron chi connectivity index (χ2n) is 9.26. The molecular weight excluding hydrogens is 426 g/mol. The number of pyridine rings is 1. The van der Waals surface area contributed by atoms with Crippen LogP contribution in [0.5, 0.6) is 0 Å². The number of Topliss-reactive ketones (excluding diaryl/α,β-unsaturated/α-hetero) is 1. The Balaban J connectivity index is 1.57. The van der Waals surface area contributed by atoms with Gasteiger partial charge in [-0.2, -0.15) is 9.61 Å². The van der Waals surface area contributed by atoms with Crippen LogP contribution in [0.25, 0.3) is 28.0 Å². The number of aliphatic hydroxyl groups is 1. The normalized spacial score (nSPS) is 20.5. The van der Waals surface area contributed by atoms with Crippen molar-refractivity contribution in [3.8, 4) is 22.4 Å². The third kappa shape index (κ3) is 3.86. The van der Waals surface area contributed by atoms with Crippen LogP contribution in [0.3, 0.4) is 0 Å². The van der Waals surface area contributed by atoms with Crippen molar-refractivity contribution in [2.24, 2.45) is 0 Å². The van der Waals surface area contributed by atoms with E-state index in [9.17, 15) is 9.90 Å². The topological polar surface area (TPSA) is 106 Å². The van der Waals surface area contributed by atoms with E-state index in [4.69, 9.17) is 10.7 Å². The van der Waals surface area contributed by atoms with E-state index in [1.165, 1.54) is 6.92 Å². The van der Waals surface area contributed by atoms with E-state index in [1.54, 1.807) is 10.7 Å². The van der Waals surface area contributed by atoms with Gasteiger partial charge in [0.05, 0.1) is 28.7 Å². The van der Waals surface area contributed by atoms with E-state index in [1.807, 2.05) is 55.6 Å². The summed E-state index contributed by atoms with van der Waals surface area (Å²) in [5.74, 6) is 0.257. The van der Waals surface area contributed by atoms with Crippen LogP contribution in [0.1, 0.15) is 67.9 Å². The number of nitrogens with zero attached hydrogens (tertiary/aromatic N) is 4. The van der Waals surface area contributed by atoms with Gasteiger partial charge in [0, 0.05) is 28.8 Å². The Labute approximate surface area is 198 Å². The molecule has 174 valence electrons. The molecule has 1 aliphatic carbocycles. The molecule has 0 radical (unpaired) electrons. The summed E-state index contributed by atoms with van der Waals surface area (Å²) in [6.07, 6.45) is 7.19. The van der Waals surface area contributed by atoms with Crippen molar-refractivity contribution in [3.63, 3.8) is 0 Å². The molecule has 3 heterocycles. The van der Waals surface area contributed by atoms with E-state index in [2.05, 4.69) is 10.1 Å². The predicted molar refractivity (Wildman–Crippen MR) is 133 cm³/mol. The van der Waals surface area contributed by atoms with Crippen LogP contribution in [0, 0.1) is 0 Å². The Morgan fingerprint density at radius 3 is 2.47 bits per heavy atom. The molecule has 3 aromatic heterocycles. The van der Waals surface area contributed by atoms with E-state index in [-0.39, 0.29) is 11.7 Å². The first-order valence-corrected chi connectivity index (χ1v) is 11.8. The minimum Gasteiger partial charge on any atom is -0.390 e. The zero-order valence-electron chi connectivity index (χ0n) is 19.5. The van der Waals surface area contributed by atoms with Crippen LogP contribution in [-0.4, -0.2) is 36.1 Å². The lowest BCUT2D eigenvalue weighted by molar-refractivity contribution is -0.00451. The molecule has 0 saturated heterocycles. The molecule has 1 fully saturated rings. The second-order valence-corrected chi connectivity index (χ2v) is 9.26. The number of hydrogen-bond acceptors (Lipinski definition) is 6.